The first-order chi connectivity index (χ1) is 10.1. The van der Waals surface area contributed by atoms with Gasteiger partial charge in [0.2, 0.25) is 0 Å². The summed E-state index contributed by atoms with van der Waals surface area (Å²) in [5.74, 6) is -0.296. The molecule has 1 nitrogen and oxygen atoms in total. The van der Waals surface area contributed by atoms with Crippen LogP contribution >= 0.6 is 11.6 Å². The Morgan fingerprint density at radius 2 is 1.95 bits per heavy atom. The third-order valence-corrected chi connectivity index (χ3v) is 4.06. The predicted molar refractivity (Wildman–Crippen MR) is 87.5 cm³/mol. The molecule has 21 heavy (non-hydrogen) atoms. The molecule has 0 radical (unpaired) electrons. The standard InChI is InChI=1S/C18H21ClFN/c1-13-5-3-6-14(11-13)9-10-16(21-2)12-15-7-4-8-17(19)18(15)20/h3-8,11,16,21H,9-10,12H2,1-2H3. The van der Waals surface area contributed by atoms with Crippen LogP contribution in [0.1, 0.15) is 23.1 Å². The maximum absolute atomic E-state index is 14.0. The molecule has 0 heterocycles. The summed E-state index contributed by atoms with van der Waals surface area (Å²) in [6.07, 6.45) is 2.59. The molecule has 1 atom stereocenters. The molecule has 0 spiro atoms. The highest BCUT2D eigenvalue weighted by Crippen LogP contribution is 2.20. The van der Waals surface area contributed by atoms with E-state index in [9.17, 15) is 4.39 Å². The second-order valence-electron chi connectivity index (χ2n) is 5.43. The fourth-order valence-electron chi connectivity index (χ4n) is 2.53. The maximum Gasteiger partial charge on any atom is 0.145 e. The third-order valence-electron chi connectivity index (χ3n) is 3.77. The number of likely N-dealkylation sites (N-methyl/N-ethyl adjacent to an activating group) is 1. The van der Waals surface area contributed by atoms with Crippen molar-refractivity contribution < 1.29 is 4.39 Å². The van der Waals surface area contributed by atoms with Crippen LogP contribution in [0.5, 0.6) is 0 Å². The molecular formula is C18H21ClFN. The Morgan fingerprint density at radius 1 is 1.19 bits per heavy atom. The van der Waals surface area contributed by atoms with Crippen LogP contribution in [0.25, 0.3) is 0 Å². The van der Waals surface area contributed by atoms with Gasteiger partial charge in [-0.2, -0.15) is 0 Å². The largest absolute Gasteiger partial charge is 0.317 e. The molecule has 1 unspecified atom stereocenters. The highest BCUT2D eigenvalue weighted by atomic mass is 35.5. The van der Waals surface area contributed by atoms with E-state index in [4.69, 9.17) is 11.6 Å². The molecule has 0 aliphatic rings. The van der Waals surface area contributed by atoms with Gasteiger partial charge in [0.25, 0.3) is 0 Å². The zero-order chi connectivity index (χ0) is 15.2. The average Bonchev–Trinajstić information content (AvgIpc) is 2.48. The van der Waals surface area contributed by atoms with Crippen molar-refractivity contribution in [2.75, 3.05) is 7.05 Å². The maximum atomic E-state index is 14.0. The minimum Gasteiger partial charge on any atom is -0.317 e. The van der Waals surface area contributed by atoms with Gasteiger partial charge in [-0.3, -0.25) is 0 Å². The van der Waals surface area contributed by atoms with Gasteiger partial charge in [0.15, 0.2) is 0 Å². The lowest BCUT2D eigenvalue weighted by Gasteiger charge is -2.17. The lowest BCUT2D eigenvalue weighted by atomic mass is 9.98. The van der Waals surface area contributed by atoms with Crippen LogP contribution in [-0.4, -0.2) is 13.1 Å². The van der Waals surface area contributed by atoms with E-state index in [1.54, 1.807) is 18.2 Å². The van der Waals surface area contributed by atoms with Crippen molar-refractivity contribution in [3.05, 3.63) is 70.0 Å². The van der Waals surface area contributed by atoms with Crippen LogP contribution in [0.15, 0.2) is 42.5 Å². The van der Waals surface area contributed by atoms with E-state index in [1.165, 1.54) is 11.1 Å². The van der Waals surface area contributed by atoms with E-state index in [0.29, 0.717) is 12.0 Å². The molecule has 0 saturated carbocycles. The van der Waals surface area contributed by atoms with E-state index in [0.717, 1.165) is 12.8 Å². The highest BCUT2D eigenvalue weighted by Gasteiger charge is 2.12. The molecule has 0 aromatic heterocycles. The summed E-state index contributed by atoms with van der Waals surface area (Å²) in [6, 6.07) is 13.9. The topological polar surface area (TPSA) is 12.0 Å². The van der Waals surface area contributed by atoms with Gasteiger partial charge in [-0.05, 0) is 50.4 Å². The van der Waals surface area contributed by atoms with Crippen molar-refractivity contribution in [2.24, 2.45) is 0 Å². The summed E-state index contributed by atoms with van der Waals surface area (Å²) in [5.41, 5.74) is 3.27. The minimum atomic E-state index is -0.296. The summed E-state index contributed by atoms with van der Waals surface area (Å²) in [6.45, 7) is 2.10. The monoisotopic (exact) mass is 305 g/mol. The SMILES string of the molecule is CNC(CCc1cccc(C)c1)Cc1cccc(Cl)c1F. The van der Waals surface area contributed by atoms with Gasteiger partial charge in [0.05, 0.1) is 5.02 Å². The first-order valence-corrected chi connectivity index (χ1v) is 7.63. The number of benzene rings is 2. The average molecular weight is 306 g/mol. The van der Waals surface area contributed by atoms with Crippen LogP contribution in [0.2, 0.25) is 5.02 Å². The summed E-state index contributed by atoms with van der Waals surface area (Å²) in [4.78, 5) is 0. The number of rotatable bonds is 6. The Morgan fingerprint density at radius 3 is 2.67 bits per heavy atom. The Balaban J connectivity index is 1.99. The lowest BCUT2D eigenvalue weighted by molar-refractivity contribution is 0.504. The number of nitrogens with one attached hydrogen (secondary N) is 1. The second-order valence-corrected chi connectivity index (χ2v) is 5.84. The normalized spacial score (nSPS) is 12.4. The van der Waals surface area contributed by atoms with Gasteiger partial charge < -0.3 is 5.32 Å². The van der Waals surface area contributed by atoms with E-state index >= 15 is 0 Å². The van der Waals surface area contributed by atoms with Crippen LogP contribution in [0.3, 0.4) is 0 Å². The molecule has 0 aliphatic heterocycles. The van der Waals surface area contributed by atoms with Crippen LogP contribution in [-0.2, 0) is 12.8 Å². The zero-order valence-corrected chi connectivity index (χ0v) is 13.3. The molecule has 112 valence electrons. The lowest BCUT2D eigenvalue weighted by Crippen LogP contribution is -2.28. The minimum absolute atomic E-state index is 0.195. The molecule has 2 rings (SSSR count). The Labute approximate surface area is 131 Å². The van der Waals surface area contributed by atoms with E-state index in [-0.39, 0.29) is 16.9 Å². The van der Waals surface area contributed by atoms with Gasteiger partial charge in [-0.1, -0.05) is 53.6 Å². The van der Waals surface area contributed by atoms with Crippen LogP contribution in [0.4, 0.5) is 4.39 Å². The van der Waals surface area contributed by atoms with Crippen molar-refractivity contribution in [2.45, 2.75) is 32.2 Å². The Bertz CT molecular complexity index is 598. The van der Waals surface area contributed by atoms with Crippen molar-refractivity contribution >= 4 is 11.6 Å². The van der Waals surface area contributed by atoms with Crippen molar-refractivity contribution in [3.8, 4) is 0 Å². The van der Waals surface area contributed by atoms with E-state index in [1.807, 2.05) is 7.05 Å². The van der Waals surface area contributed by atoms with Gasteiger partial charge in [-0.25, -0.2) is 4.39 Å². The summed E-state index contributed by atoms with van der Waals surface area (Å²) >= 11 is 5.84. The zero-order valence-electron chi connectivity index (χ0n) is 12.5. The third kappa shape index (κ3) is 4.55. The fraction of sp³-hybridized carbons (Fsp3) is 0.333. The molecule has 1 N–H and O–H groups in total. The van der Waals surface area contributed by atoms with E-state index < -0.39 is 0 Å². The number of aryl methyl sites for hydroxylation is 2. The molecule has 0 saturated heterocycles. The molecule has 2 aromatic rings. The molecule has 2 aromatic carbocycles. The molecule has 0 aliphatic carbocycles. The molecule has 0 amide bonds. The van der Waals surface area contributed by atoms with Crippen molar-refractivity contribution in [1.29, 1.82) is 0 Å². The van der Waals surface area contributed by atoms with Crippen molar-refractivity contribution in [3.63, 3.8) is 0 Å². The smallest absolute Gasteiger partial charge is 0.145 e. The number of hydrogen-bond donors (Lipinski definition) is 1. The predicted octanol–water partition coefficient (Wildman–Crippen LogP) is 4.55. The Kier molecular flexibility index (Phi) is 5.77. The second kappa shape index (κ2) is 7.58. The van der Waals surface area contributed by atoms with Crippen LogP contribution < -0.4 is 5.32 Å². The first kappa shape index (κ1) is 16.0. The van der Waals surface area contributed by atoms with E-state index in [2.05, 4.69) is 36.5 Å². The van der Waals surface area contributed by atoms with Crippen LogP contribution in [0, 0.1) is 12.7 Å². The quantitative estimate of drug-likeness (QED) is 0.825. The summed E-state index contributed by atoms with van der Waals surface area (Å²) in [5, 5.41) is 3.47. The van der Waals surface area contributed by atoms with Gasteiger partial charge in [0, 0.05) is 6.04 Å². The van der Waals surface area contributed by atoms with Gasteiger partial charge in [-0.15, -0.1) is 0 Å². The molecule has 0 fully saturated rings. The first-order valence-electron chi connectivity index (χ1n) is 7.26. The molecule has 0 bridgehead atoms. The summed E-state index contributed by atoms with van der Waals surface area (Å²) < 4.78 is 14.0. The van der Waals surface area contributed by atoms with Crippen molar-refractivity contribution in [1.82, 2.24) is 5.32 Å². The number of hydrogen-bond acceptors (Lipinski definition) is 1. The molecular weight excluding hydrogens is 285 g/mol. The fourth-order valence-corrected chi connectivity index (χ4v) is 2.72. The Hall–Kier alpha value is -1.38. The summed E-state index contributed by atoms with van der Waals surface area (Å²) in [7, 11) is 1.92. The van der Waals surface area contributed by atoms with Gasteiger partial charge in [0.1, 0.15) is 5.82 Å². The highest BCUT2D eigenvalue weighted by molar-refractivity contribution is 6.30. The number of halogens is 2. The van der Waals surface area contributed by atoms with Gasteiger partial charge >= 0.3 is 0 Å². The molecule has 3 heteroatoms.